The van der Waals surface area contributed by atoms with Crippen molar-refractivity contribution in [3.63, 3.8) is 0 Å². The predicted molar refractivity (Wildman–Crippen MR) is 127 cm³/mol. The highest BCUT2D eigenvalue weighted by Crippen LogP contribution is 2.29. The molecule has 0 radical (unpaired) electrons. The second-order valence-corrected chi connectivity index (χ2v) is 8.85. The average molecular weight is 500 g/mol. The number of hydrogen-bond acceptors (Lipinski definition) is 9. The number of nitrogens with zero attached hydrogens (tertiary/aromatic N) is 1. The molecular formula is C23H21N3O8S. The number of methoxy groups -OCH3 is 2. The van der Waals surface area contributed by atoms with Gasteiger partial charge in [0.2, 0.25) is 0 Å². The summed E-state index contributed by atoms with van der Waals surface area (Å²) < 4.78 is 37.5. The number of nitro benzene ring substituents is 1. The second kappa shape index (κ2) is 10.7. The van der Waals surface area contributed by atoms with Gasteiger partial charge in [-0.25, -0.2) is 18.0 Å². The van der Waals surface area contributed by atoms with Crippen LogP contribution in [0.3, 0.4) is 0 Å². The lowest BCUT2D eigenvalue weighted by Crippen LogP contribution is -2.15. The Bertz CT molecular complexity index is 1340. The smallest absolute Gasteiger partial charge is 0.337 e. The summed E-state index contributed by atoms with van der Waals surface area (Å²) in [4.78, 5) is 34.4. The lowest BCUT2D eigenvalue weighted by molar-refractivity contribution is -0.384. The molecule has 0 amide bonds. The molecule has 0 bridgehead atoms. The van der Waals surface area contributed by atoms with Crippen molar-refractivity contribution in [2.45, 2.75) is 11.4 Å². The van der Waals surface area contributed by atoms with Crippen LogP contribution in [0.2, 0.25) is 0 Å². The van der Waals surface area contributed by atoms with Crippen molar-refractivity contribution in [2.24, 2.45) is 0 Å². The van der Waals surface area contributed by atoms with Gasteiger partial charge in [0.25, 0.3) is 15.7 Å². The Morgan fingerprint density at radius 1 is 0.914 bits per heavy atom. The molecule has 0 fully saturated rings. The molecule has 0 atom stereocenters. The van der Waals surface area contributed by atoms with Crippen molar-refractivity contribution in [1.82, 2.24) is 0 Å². The molecule has 3 aromatic rings. The minimum Gasteiger partial charge on any atom is -0.465 e. The van der Waals surface area contributed by atoms with Crippen LogP contribution < -0.4 is 10.0 Å². The molecule has 0 saturated carbocycles. The van der Waals surface area contributed by atoms with Crippen LogP contribution in [-0.2, 0) is 26.0 Å². The van der Waals surface area contributed by atoms with Crippen LogP contribution >= 0.6 is 0 Å². The van der Waals surface area contributed by atoms with Crippen molar-refractivity contribution < 1.29 is 32.4 Å². The SMILES string of the molecule is COC(=O)c1cc(NS(=O)(=O)c2ccc(NCc3ccccc3)c([N+](=O)[O-])c2)cc(C(=O)OC)c1. The molecule has 0 aliphatic rings. The monoisotopic (exact) mass is 499 g/mol. The number of esters is 2. The fourth-order valence-corrected chi connectivity index (χ4v) is 4.20. The maximum atomic E-state index is 13.0. The van der Waals surface area contributed by atoms with Gasteiger partial charge >= 0.3 is 11.9 Å². The zero-order valence-electron chi connectivity index (χ0n) is 18.7. The molecule has 11 nitrogen and oxygen atoms in total. The fraction of sp³-hybridized carbons (Fsp3) is 0.130. The maximum absolute atomic E-state index is 13.0. The summed E-state index contributed by atoms with van der Waals surface area (Å²) in [7, 11) is -2.08. The third-order valence-electron chi connectivity index (χ3n) is 4.83. The Morgan fingerprint density at radius 2 is 1.51 bits per heavy atom. The largest absolute Gasteiger partial charge is 0.465 e. The molecule has 0 heterocycles. The van der Waals surface area contributed by atoms with Crippen LogP contribution in [0.1, 0.15) is 26.3 Å². The first kappa shape index (κ1) is 25.2. The van der Waals surface area contributed by atoms with Crippen molar-refractivity contribution in [3.8, 4) is 0 Å². The highest BCUT2D eigenvalue weighted by molar-refractivity contribution is 7.92. The molecule has 3 rings (SSSR count). The molecule has 0 aliphatic heterocycles. The van der Waals surface area contributed by atoms with E-state index in [0.717, 1.165) is 25.8 Å². The Morgan fingerprint density at radius 3 is 2.06 bits per heavy atom. The zero-order valence-corrected chi connectivity index (χ0v) is 19.5. The van der Waals surface area contributed by atoms with Gasteiger partial charge in [0.1, 0.15) is 5.69 Å². The van der Waals surface area contributed by atoms with Crippen LogP contribution in [-0.4, -0.2) is 39.5 Å². The number of benzene rings is 3. The molecule has 0 aliphatic carbocycles. The Balaban J connectivity index is 1.93. The number of nitro groups is 1. The number of ether oxygens (including phenoxy) is 2. The molecule has 2 N–H and O–H groups in total. The van der Waals surface area contributed by atoms with Crippen LogP contribution in [0.5, 0.6) is 0 Å². The Kier molecular flexibility index (Phi) is 7.66. The van der Waals surface area contributed by atoms with Gasteiger partial charge in [-0.3, -0.25) is 14.8 Å². The topological polar surface area (TPSA) is 154 Å². The summed E-state index contributed by atoms with van der Waals surface area (Å²) in [5, 5.41) is 14.6. The van der Waals surface area contributed by atoms with E-state index in [1.807, 2.05) is 30.3 Å². The first-order chi connectivity index (χ1) is 16.6. The minimum atomic E-state index is -4.34. The fourth-order valence-electron chi connectivity index (χ4n) is 3.14. The van der Waals surface area contributed by atoms with E-state index in [2.05, 4.69) is 19.5 Å². The Hall–Kier alpha value is -4.45. The van der Waals surface area contributed by atoms with Gasteiger partial charge in [-0.1, -0.05) is 30.3 Å². The van der Waals surface area contributed by atoms with E-state index in [0.29, 0.717) is 6.54 Å². The number of nitrogens with one attached hydrogen (secondary N) is 2. The zero-order chi connectivity index (χ0) is 25.6. The number of hydrogen-bond donors (Lipinski definition) is 2. The van der Waals surface area contributed by atoms with Gasteiger partial charge in [0.15, 0.2) is 0 Å². The molecule has 182 valence electrons. The molecular weight excluding hydrogens is 478 g/mol. The van der Waals surface area contributed by atoms with Gasteiger partial charge in [-0.05, 0) is 35.9 Å². The predicted octanol–water partition coefficient (Wildman–Crippen LogP) is 3.58. The van der Waals surface area contributed by atoms with E-state index in [-0.39, 0.29) is 22.5 Å². The minimum absolute atomic E-state index is 0.0976. The molecule has 12 heteroatoms. The lowest BCUT2D eigenvalue weighted by Gasteiger charge is -2.12. The van der Waals surface area contributed by atoms with Gasteiger partial charge in [-0.2, -0.15) is 0 Å². The van der Waals surface area contributed by atoms with Crippen molar-refractivity contribution >= 4 is 39.0 Å². The third-order valence-corrected chi connectivity index (χ3v) is 6.21. The van der Waals surface area contributed by atoms with Crippen LogP contribution in [0.4, 0.5) is 17.1 Å². The second-order valence-electron chi connectivity index (χ2n) is 7.16. The van der Waals surface area contributed by atoms with E-state index < -0.39 is 37.5 Å². The number of carbonyl (C=O) groups is 2. The molecule has 0 unspecified atom stereocenters. The number of sulfonamides is 1. The summed E-state index contributed by atoms with van der Waals surface area (Å²) >= 11 is 0. The number of anilines is 2. The van der Waals surface area contributed by atoms with E-state index in [9.17, 15) is 28.1 Å². The molecule has 0 aromatic heterocycles. The first-order valence-electron chi connectivity index (χ1n) is 10.1. The quantitative estimate of drug-likeness (QED) is 0.255. The molecule has 35 heavy (non-hydrogen) atoms. The van der Waals surface area contributed by atoms with Crippen LogP contribution in [0.15, 0.2) is 71.6 Å². The van der Waals surface area contributed by atoms with E-state index in [4.69, 9.17) is 0 Å². The molecule has 0 saturated heterocycles. The highest BCUT2D eigenvalue weighted by Gasteiger charge is 2.23. The molecule has 3 aromatic carbocycles. The summed E-state index contributed by atoms with van der Waals surface area (Å²) in [5.74, 6) is -1.61. The number of carbonyl (C=O) groups excluding carboxylic acids is 2. The van der Waals surface area contributed by atoms with E-state index in [1.165, 1.54) is 30.3 Å². The lowest BCUT2D eigenvalue weighted by atomic mass is 10.1. The normalized spacial score (nSPS) is 10.8. The van der Waals surface area contributed by atoms with Gasteiger partial charge in [0.05, 0.1) is 40.9 Å². The van der Waals surface area contributed by atoms with E-state index >= 15 is 0 Å². The average Bonchev–Trinajstić information content (AvgIpc) is 2.86. The summed E-state index contributed by atoms with van der Waals surface area (Å²) in [5.41, 5.74) is 0.245. The summed E-state index contributed by atoms with van der Waals surface area (Å²) in [6.45, 7) is 0.294. The van der Waals surface area contributed by atoms with Crippen LogP contribution in [0, 0.1) is 10.1 Å². The Labute approximate surface area is 200 Å². The number of rotatable bonds is 9. The van der Waals surface area contributed by atoms with Gasteiger partial charge < -0.3 is 14.8 Å². The highest BCUT2D eigenvalue weighted by atomic mass is 32.2. The standard InChI is InChI=1S/C23H21N3O8S/c1-33-22(27)16-10-17(23(28)34-2)12-18(11-16)25-35(31,32)19-8-9-20(21(13-19)26(29)30)24-14-15-6-4-3-5-7-15/h3-13,24-25H,14H2,1-2H3. The van der Waals surface area contributed by atoms with Crippen molar-refractivity contribution in [2.75, 3.05) is 24.3 Å². The molecule has 0 spiro atoms. The summed E-state index contributed by atoms with van der Waals surface area (Å²) in [6, 6.07) is 16.1. The van der Waals surface area contributed by atoms with E-state index in [1.54, 1.807) is 0 Å². The van der Waals surface area contributed by atoms with Gasteiger partial charge in [-0.15, -0.1) is 0 Å². The van der Waals surface area contributed by atoms with Gasteiger partial charge in [0, 0.05) is 12.6 Å². The van der Waals surface area contributed by atoms with Crippen molar-refractivity contribution in [1.29, 1.82) is 0 Å². The first-order valence-corrected chi connectivity index (χ1v) is 11.5. The van der Waals surface area contributed by atoms with Crippen molar-refractivity contribution in [3.05, 3.63) is 93.5 Å². The third kappa shape index (κ3) is 6.12. The maximum Gasteiger partial charge on any atom is 0.337 e. The summed E-state index contributed by atoms with van der Waals surface area (Å²) in [6.07, 6.45) is 0. The van der Waals surface area contributed by atoms with Crippen LogP contribution in [0.25, 0.3) is 0 Å².